The first-order chi connectivity index (χ1) is 20.3. The van der Waals surface area contributed by atoms with Crippen LogP contribution in [0.2, 0.25) is 0 Å². The number of ether oxygens (including phenoxy) is 3. The van der Waals surface area contributed by atoms with Crippen molar-refractivity contribution in [2.45, 2.75) is 19.6 Å². The Morgan fingerprint density at radius 1 is 1.05 bits per heavy atom. The molecule has 2 heterocycles. The standard InChI is InChI=1S/C32H33BrN2O7/c1-20-5-3-4-6-22(20)19-42-24-9-7-21(8-10-24)29(36)27-28(23-17-25(33)30(37)26(18-23)40-2)35(32(39)31(27)38)12-11-34-13-15-41-16-14-34/h3-10,17-18,28,36-37H,11-16,19H2,1-2H3/b29-27+. The predicted octanol–water partition coefficient (Wildman–Crippen LogP) is 4.80. The summed E-state index contributed by atoms with van der Waals surface area (Å²) in [5, 5.41) is 21.9. The summed E-state index contributed by atoms with van der Waals surface area (Å²) in [4.78, 5) is 30.5. The molecule has 5 rings (SSSR count). The number of carbonyl (C=O) groups is 2. The van der Waals surface area contributed by atoms with Crippen LogP contribution in [0.15, 0.2) is 70.7 Å². The summed E-state index contributed by atoms with van der Waals surface area (Å²) in [5.74, 6) is -1.09. The van der Waals surface area contributed by atoms with Crippen molar-refractivity contribution in [3.05, 3.63) is 93.0 Å². The maximum Gasteiger partial charge on any atom is 0.295 e. The largest absolute Gasteiger partial charge is 0.507 e. The van der Waals surface area contributed by atoms with Crippen molar-refractivity contribution in [1.82, 2.24) is 9.80 Å². The van der Waals surface area contributed by atoms with Gasteiger partial charge in [-0.05, 0) is 75.9 Å². The third-order valence-electron chi connectivity index (χ3n) is 7.67. The second kappa shape index (κ2) is 13.0. The molecule has 3 aromatic rings. The molecule has 10 heteroatoms. The number of aryl methyl sites for hydroxylation is 1. The Kier molecular flexibility index (Phi) is 9.15. The van der Waals surface area contributed by atoms with E-state index in [-0.39, 0.29) is 29.4 Å². The summed E-state index contributed by atoms with van der Waals surface area (Å²) in [6.45, 7) is 5.88. The minimum absolute atomic E-state index is 0.0322. The van der Waals surface area contributed by atoms with Crippen molar-refractivity contribution in [2.75, 3.05) is 46.5 Å². The van der Waals surface area contributed by atoms with Gasteiger partial charge in [0.1, 0.15) is 18.1 Å². The van der Waals surface area contributed by atoms with Crippen molar-refractivity contribution >= 4 is 33.4 Å². The number of ketones is 1. The van der Waals surface area contributed by atoms with Crippen LogP contribution in [-0.4, -0.2) is 78.2 Å². The Labute approximate surface area is 253 Å². The van der Waals surface area contributed by atoms with E-state index in [0.29, 0.717) is 47.7 Å². The molecule has 0 aliphatic carbocycles. The SMILES string of the molecule is COc1cc(C2/C(=C(\O)c3ccc(OCc4ccccc4C)cc3)C(=O)C(=O)N2CCN2CCOCC2)cc(Br)c1O. The van der Waals surface area contributed by atoms with Crippen LogP contribution < -0.4 is 9.47 Å². The highest BCUT2D eigenvalue weighted by molar-refractivity contribution is 9.10. The molecule has 0 bridgehead atoms. The first kappa shape index (κ1) is 29.6. The maximum atomic E-state index is 13.5. The number of carbonyl (C=O) groups excluding carboxylic acids is 2. The molecule has 1 atom stereocenters. The van der Waals surface area contributed by atoms with Crippen LogP contribution in [0.1, 0.15) is 28.3 Å². The normalized spacial score (nSPS) is 18.8. The number of aromatic hydroxyl groups is 1. The van der Waals surface area contributed by atoms with Gasteiger partial charge in [-0.25, -0.2) is 0 Å². The minimum atomic E-state index is -0.895. The van der Waals surface area contributed by atoms with E-state index in [0.717, 1.165) is 24.2 Å². The molecule has 9 nitrogen and oxygen atoms in total. The van der Waals surface area contributed by atoms with Gasteiger partial charge in [0, 0.05) is 31.7 Å². The van der Waals surface area contributed by atoms with E-state index < -0.39 is 17.7 Å². The molecule has 2 aliphatic heterocycles. The smallest absolute Gasteiger partial charge is 0.295 e. The van der Waals surface area contributed by atoms with Crippen LogP contribution in [0.4, 0.5) is 0 Å². The van der Waals surface area contributed by atoms with Crippen molar-refractivity contribution < 1.29 is 34.0 Å². The highest BCUT2D eigenvalue weighted by atomic mass is 79.9. The van der Waals surface area contributed by atoms with E-state index in [4.69, 9.17) is 14.2 Å². The number of hydrogen-bond acceptors (Lipinski definition) is 8. The Balaban J connectivity index is 1.47. The van der Waals surface area contributed by atoms with Crippen LogP contribution in [0.3, 0.4) is 0 Å². The van der Waals surface area contributed by atoms with Gasteiger partial charge in [-0.1, -0.05) is 24.3 Å². The number of phenolic OH excluding ortho intramolecular Hbond substituents is 1. The fraction of sp³-hybridized carbons (Fsp3) is 0.312. The first-order valence-electron chi connectivity index (χ1n) is 13.7. The number of rotatable bonds is 9. The molecule has 2 fully saturated rings. The van der Waals surface area contributed by atoms with Crippen LogP contribution in [0.5, 0.6) is 17.2 Å². The van der Waals surface area contributed by atoms with Gasteiger partial charge in [0.15, 0.2) is 11.5 Å². The quantitative estimate of drug-likeness (QED) is 0.196. The van der Waals surface area contributed by atoms with Gasteiger partial charge in [0.25, 0.3) is 11.7 Å². The molecular weight excluding hydrogens is 604 g/mol. The summed E-state index contributed by atoms with van der Waals surface area (Å²) < 4.78 is 17.0. The Hall–Kier alpha value is -3.86. The third kappa shape index (κ3) is 6.16. The lowest BCUT2D eigenvalue weighted by Gasteiger charge is -2.31. The molecule has 0 radical (unpaired) electrons. The second-order valence-corrected chi connectivity index (χ2v) is 11.1. The number of aliphatic hydroxyl groups excluding tert-OH is 1. The summed E-state index contributed by atoms with van der Waals surface area (Å²) >= 11 is 3.35. The highest BCUT2D eigenvalue weighted by Gasteiger charge is 2.46. The molecule has 0 spiro atoms. The number of aliphatic hydroxyl groups is 1. The van der Waals surface area contributed by atoms with Crippen molar-refractivity contribution in [1.29, 1.82) is 0 Å². The first-order valence-corrected chi connectivity index (χ1v) is 14.5. The minimum Gasteiger partial charge on any atom is -0.507 e. The summed E-state index contributed by atoms with van der Waals surface area (Å²) in [7, 11) is 1.42. The lowest BCUT2D eigenvalue weighted by atomic mass is 9.95. The Morgan fingerprint density at radius 2 is 1.76 bits per heavy atom. The van der Waals surface area contributed by atoms with Crippen LogP contribution in [-0.2, 0) is 20.9 Å². The number of methoxy groups -OCH3 is 1. The van der Waals surface area contributed by atoms with Crippen LogP contribution in [0, 0.1) is 6.92 Å². The molecule has 2 saturated heterocycles. The summed E-state index contributed by atoms with van der Waals surface area (Å²) in [5.41, 5.74) is 3.05. The molecule has 1 amide bonds. The number of amides is 1. The molecular formula is C32H33BrN2O7. The number of nitrogens with zero attached hydrogens (tertiary/aromatic N) is 2. The average Bonchev–Trinajstić information content (AvgIpc) is 3.26. The monoisotopic (exact) mass is 636 g/mol. The molecule has 0 saturated carbocycles. The van der Waals surface area contributed by atoms with E-state index in [1.165, 1.54) is 12.0 Å². The number of Topliss-reactive ketones (excluding diaryl/α,β-unsaturated/α-hetero) is 1. The van der Waals surface area contributed by atoms with Gasteiger partial charge in [0.05, 0.1) is 36.4 Å². The number of hydrogen-bond donors (Lipinski definition) is 2. The Bertz CT molecular complexity index is 1500. The zero-order chi connectivity index (χ0) is 29.8. The number of benzene rings is 3. The predicted molar refractivity (Wildman–Crippen MR) is 161 cm³/mol. The number of halogens is 1. The number of likely N-dealkylation sites (tertiary alicyclic amines) is 1. The molecule has 2 aliphatic rings. The highest BCUT2D eigenvalue weighted by Crippen LogP contribution is 2.44. The van der Waals surface area contributed by atoms with E-state index in [1.807, 2.05) is 31.2 Å². The molecule has 3 aromatic carbocycles. The third-order valence-corrected chi connectivity index (χ3v) is 8.28. The van der Waals surface area contributed by atoms with Gasteiger partial charge in [-0.2, -0.15) is 0 Å². The van der Waals surface area contributed by atoms with Crippen molar-refractivity contribution in [3.63, 3.8) is 0 Å². The van der Waals surface area contributed by atoms with Gasteiger partial charge in [-0.15, -0.1) is 0 Å². The lowest BCUT2D eigenvalue weighted by Crippen LogP contribution is -2.42. The Morgan fingerprint density at radius 3 is 2.45 bits per heavy atom. The fourth-order valence-corrected chi connectivity index (χ4v) is 5.70. The number of morpholine rings is 1. The van der Waals surface area contributed by atoms with E-state index >= 15 is 0 Å². The average molecular weight is 638 g/mol. The second-order valence-electron chi connectivity index (χ2n) is 10.2. The van der Waals surface area contributed by atoms with Gasteiger partial charge >= 0.3 is 0 Å². The van der Waals surface area contributed by atoms with Crippen LogP contribution >= 0.6 is 15.9 Å². The topological polar surface area (TPSA) is 109 Å². The fourth-order valence-electron chi connectivity index (χ4n) is 5.24. The lowest BCUT2D eigenvalue weighted by molar-refractivity contribution is -0.140. The molecule has 42 heavy (non-hydrogen) atoms. The number of phenols is 1. The molecule has 1 unspecified atom stereocenters. The molecule has 2 N–H and O–H groups in total. The van der Waals surface area contributed by atoms with E-state index in [2.05, 4.69) is 20.8 Å². The maximum absolute atomic E-state index is 13.5. The van der Waals surface area contributed by atoms with Gasteiger partial charge < -0.3 is 29.3 Å². The van der Waals surface area contributed by atoms with Crippen molar-refractivity contribution in [3.8, 4) is 17.2 Å². The van der Waals surface area contributed by atoms with E-state index in [1.54, 1.807) is 36.4 Å². The van der Waals surface area contributed by atoms with Gasteiger partial charge in [0.2, 0.25) is 0 Å². The zero-order valence-electron chi connectivity index (χ0n) is 23.5. The zero-order valence-corrected chi connectivity index (χ0v) is 25.1. The molecule has 220 valence electrons. The van der Waals surface area contributed by atoms with Gasteiger partial charge in [-0.3, -0.25) is 14.5 Å². The van der Waals surface area contributed by atoms with E-state index in [9.17, 15) is 19.8 Å². The summed E-state index contributed by atoms with van der Waals surface area (Å²) in [6, 6.07) is 17.0. The van der Waals surface area contributed by atoms with Crippen molar-refractivity contribution in [2.24, 2.45) is 0 Å². The van der Waals surface area contributed by atoms with Crippen LogP contribution in [0.25, 0.3) is 5.76 Å². The molecule has 0 aromatic heterocycles. The summed E-state index contributed by atoms with van der Waals surface area (Å²) in [6.07, 6.45) is 0.